The molecule has 1 aromatic carbocycles. The van der Waals surface area contributed by atoms with Crippen LogP contribution in [0, 0.1) is 12.7 Å². The van der Waals surface area contributed by atoms with Crippen molar-refractivity contribution >= 4 is 21.8 Å². The minimum absolute atomic E-state index is 0.0939. The SMILES string of the molecule is Cc1nn(C(C)C(=O)N2CCN(Cc3ccc(F)cc3)CC2)cc1Br. The molecule has 0 spiro atoms. The molecule has 3 rings (SSSR count). The number of hydrogen-bond acceptors (Lipinski definition) is 3. The van der Waals surface area contributed by atoms with Crippen molar-refractivity contribution in [1.82, 2.24) is 19.6 Å². The van der Waals surface area contributed by atoms with E-state index in [1.807, 2.05) is 37.1 Å². The van der Waals surface area contributed by atoms with Gasteiger partial charge in [-0.3, -0.25) is 14.4 Å². The summed E-state index contributed by atoms with van der Waals surface area (Å²) in [6, 6.07) is 6.29. The number of piperazine rings is 1. The van der Waals surface area contributed by atoms with Crippen molar-refractivity contribution in [2.45, 2.75) is 26.4 Å². The second kappa shape index (κ2) is 7.66. The lowest BCUT2D eigenvalue weighted by Crippen LogP contribution is -2.49. The monoisotopic (exact) mass is 408 g/mol. The van der Waals surface area contributed by atoms with Gasteiger partial charge in [-0.05, 0) is 47.5 Å². The highest BCUT2D eigenvalue weighted by molar-refractivity contribution is 9.10. The molecule has 1 saturated heterocycles. The fourth-order valence-electron chi connectivity index (χ4n) is 3.01. The number of hydrogen-bond donors (Lipinski definition) is 0. The lowest BCUT2D eigenvalue weighted by atomic mass is 10.2. The van der Waals surface area contributed by atoms with E-state index in [2.05, 4.69) is 25.9 Å². The first-order valence-corrected chi connectivity index (χ1v) is 9.20. The predicted octanol–water partition coefficient (Wildman–Crippen LogP) is 3.00. The first-order valence-electron chi connectivity index (χ1n) is 8.41. The van der Waals surface area contributed by atoms with E-state index in [1.165, 1.54) is 12.1 Å². The van der Waals surface area contributed by atoms with Gasteiger partial charge in [-0.25, -0.2) is 4.39 Å². The van der Waals surface area contributed by atoms with Crippen LogP contribution >= 0.6 is 15.9 Å². The van der Waals surface area contributed by atoms with Gasteiger partial charge >= 0.3 is 0 Å². The zero-order valence-corrected chi connectivity index (χ0v) is 16.0. The molecule has 5 nitrogen and oxygen atoms in total. The highest BCUT2D eigenvalue weighted by atomic mass is 79.9. The topological polar surface area (TPSA) is 41.4 Å². The molecule has 1 fully saturated rings. The molecule has 2 aromatic rings. The van der Waals surface area contributed by atoms with Gasteiger partial charge in [0, 0.05) is 38.9 Å². The van der Waals surface area contributed by atoms with Crippen molar-refractivity contribution in [2.24, 2.45) is 0 Å². The summed E-state index contributed by atoms with van der Waals surface area (Å²) in [5, 5.41) is 4.39. The minimum Gasteiger partial charge on any atom is -0.338 e. The van der Waals surface area contributed by atoms with Gasteiger partial charge in [0.2, 0.25) is 5.91 Å². The normalized spacial score (nSPS) is 16.9. The fraction of sp³-hybridized carbons (Fsp3) is 0.444. The Balaban J connectivity index is 1.54. The average Bonchev–Trinajstić information content (AvgIpc) is 2.95. The predicted molar refractivity (Wildman–Crippen MR) is 97.6 cm³/mol. The molecule has 1 aliphatic heterocycles. The summed E-state index contributed by atoms with van der Waals surface area (Å²) in [7, 11) is 0. The Labute approximate surface area is 155 Å². The molecule has 0 bridgehead atoms. The number of carbonyl (C=O) groups is 1. The van der Waals surface area contributed by atoms with E-state index >= 15 is 0 Å². The molecular formula is C18H22BrFN4O. The first-order chi connectivity index (χ1) is 11.9. The summed E-state index contributed by atoms with van der Waals surface area (Å²) in [5.41, 5.74) is 1.97. The van der Waals surface area contributed by atoms with Gasteiger partial charge in [0.1, 0.15) is 11.9 Å². The van der Waals surface area contributed by atoms with Crippen molar-refractivity contribution in [1.29, 1.82) is 0 Å². The van der Waals surface area contributed by atoms with Crippen LogP contribution < -0.4 is 0 Å². The van der Waals surface area contributed by atoms with Crippen molar-refractivity contribution in [3.8, 4) is 0 Å². The number of amides is 1. The zero-order chi connectivity index (χ0) is 18.0. The van der Waals surface area contributed by atoms with Crippen LogP contribution in [0.3, 0.4) is 0 Å². The summed E-state index contributed by atoms with van der Waals surface area (Å²) in [5.74, 6) is -0.120. The number of aryl methyl sites for hydroxylation is 1. The fourth-order valence-corrected chi connectivity index (χ4v) is 3.30. The number of benzene rings is 1. The molecular weight excluding hydrogens is 387 g/mol. The molecule has 0 saturated carbocycles. The highest BCUT2D eigenvalue weighted by Gasteiger charge is 2.26. The molecule has 0 aliphatic carbocycles. The van der Waals surface area contributed by atoms with Crippen molar-refractivity contribution in [3.05, 3.63) is 52.0 Å². The van der Waals surface area contributed by atoms with E-state index in [4.69, 9.17) is 0 Å². The molecule has 1 amide bonds. The van der Waals surface area contributed by atoms with E-state index in [-0.39, 0.29) is 17.8 Å². The maximum Gasteiger partial charge on any atom is 0.247 e. The Morgan fingerprint density at radius 2 is 1.88 bits per heavy atom. The molecule has 25 heavy (non-hydrogen) atoms. The van der Waals surface area contributed by atoms with Crippen LogP contribution in [0.25, 0.3) is 0 Å². The second-order valence-corrected chi connectivity index (χ2v) is 7.30. The molecule has 1 aromatic heterocycles. The minimum atomic E-state index is -0.311. The van der Waals surface area contributed by atoms with E-state index in [9.17, 15) is 9.18 Å². The Morgan fingerprint density at radius 3 is 2.44 bits per heavy atom. The largest absolute Gasteiger partial charge is 0.338 e. The van der Waals surface area contributed by atoms with Crippen LogP contribution in [0.4, 0.5) is 4.39 Å². The summed E-state index contributed by atoms with van der Waals surface area (Å²) in [4.78, 5) is 16.9. The van der Waals surface area contributed by atoms with Gasteiger partial charge in [0.15, 0.2) is 0 Å². The van der Waals surface area contributed by atoms with Crippen LogP contribution in [0.2, 0.25) is 0 Å². The van der Waals surface area contributed by atoms with Gasteiger partial charge in [-0.15, -0.1) is 0 Å². The van der Waals surface area contributed by atoms with Crippen molar-refractivity contribution in [3.63, 3.8) is 0 Å². The molecule has 134 valence electrons. The van der Waals surface area contributed by atoms with Gasteiger partial charge in [0.05, 0.1) is 10.2 Å². The molecule has 1 aliphatic rings. The van der Waals surface area contributed by atoms with Crippen LogP contribution in [-0.4, -0.2) is 51.7 Å². The summed E-state index contributed by atoms with van der Waals surface area (Å²) in [6.07, 6.45) is 1.85. The van der Waals surface area contributed by atoms with Crippen LogP contribution in [0.1, 0.15) is 24.2 Å². The van der Waals surface area contributed by atoms with Crippen LogP contribution in [0.15, 0.2) is 34.9 Å². The van der Waals surface area contributed by atoms with E-state index < -0.39 is 0 Å². The third-order valence-corrected chi connectivity index (χ3v) is 5.39. The lowest BCUT2D eigenvalue weighted by Gasteiger charge is -2.36. The van der Waals surface area contributed by atoms with E-state index in [0.29, 0.717) is 13.1 Å². The smallest absolute Gasteiger partial charge is 0.247 e. The van der Waals surface area contributed by atoms with Gasteiger partial charge in [0.25, 0.3) is 0 Å². The van der Waals surface area contributed by atoms with Crippen molar-refractivity contribution in [2.75, 3.05) is 26.2 Å². The molecule has 1 atom stereocenters. The Hall–Kier alpha value is -1.73. The maximum atomic E-state index is 13.0. The number of halogens is 2. The molecule has 7 heteroatoms. The molecule has 0 radical (unpaired) electrons. The summed E-state index contributed by atoms with van der Waals surface area (Å²) < 4.78 is 15.6. The zero-order valence-electron chi connectivity index (χ0n) is 14.5. The molecule has 0 N–H and O–H groups in total. The molecule has 1 unspecified atom stereocenters. The molecule has 2 heterocycles. The Bertz CT molecular complexity index is 719. The lowest BCUT2D eigenvalue weighted by molar-refractivity contribution is -0.136. The first kappa shape index (κ1) is 18.1. The van der Waals surface area contributed by atoms with E-state index in [0.717, 1.165) is 35.4 Å². The van der Waals surface area contributed by atoms with Gasteiger partial charge < -0.3 is 4.90 Å². The second-order valence-electron chi connectivity index (χ2n) is 6.45. The number of aromatic nitrogens is 2. The average molecular weight is 409 g/mol. The van der Waals surface area contributed by atoms with E-state index in [1.54, 1.807) is 4.68 Å². The van der Waals surface area contributed by atoms with Crippen LogP contribution in [-0.2, 0) is 11.3 Å². The third kappa shape index (κ3) is 4.27. The van der Waals surface area contributed by atoms with Crippen LogP contribution in [0.5, 0.6) is 0 Å². The Kier molecular flexibility index (Phi) is 5.54. The standard InChI is InChI=1S/C18H22BrFN4O/c1-13-17(19)12-24(21-13)14(2)18(25)23-9-7-22(8-10-23)11-15-3-5-16(20)6-4-15/h3-6,12,14H,7-11H2,1-2H3. The van der Waals surface area contributed by atoms with Crippen molar-refractivity contribution < 1.29 is 9.18 Å². The number of nitrogens with zero attached hydrogens (tertiary/aromatic N) is 4. The maximum absolute atomic E-state index is 13.0. The Morgan fingerprint density at radius 1 is 1.24 bits per heavy atom. The highest BCUT2D eigenvalue weighted by Crippen LogP contribution is 2.19. The quantitative estimate of drug-likeness (QED) is 0.780. The summed E-state index contributed by atoms with van der Waals surface area (Å²) >= 11 is 3.43. The third-order valence-electron chi connectivity index (χ3n) is 4.61. The number of rotatable bonds is 4. The summed E-state index contributed by atoms with van der Waals surface area (Å²) in [6.45, 7) is 7.61. The number of carbonyl (C=O) groups excluding carboxylic acids is 1. The van der Waals surface area contributed by atoms with Gasteiger partial charge in [-0.2, -0.15) is 5.10 Å². The van der Waals surface area contributed by atoms with Gasteiger partial charge in [-0.1, -0.05) is 12.1 Å².